The molecule has 6 heteroatoms. The number of sulfonamides is 1. The van der Waals surface area contributed by atoms with Gasteiger partial charge in [0.05, 0.1) is 0 Å². The second kappa shape index (κ2) is 6.61. The summed E-state index contributed by atoms with van der Waals surface area (Å²) in [4.78, 5) is 12.8. The maximum absolute atomic E-state index is 13.0. The summed E-state index contributed by atoms with van der Waals surface area (Å²) >= 11 is 0. The van der Waals surface area contributed by atoms with Crippen LogP contribution < -0.4 is 0 Å². The van der Waals surface area contributed by atoms with E-state index >= 15 is 0 Å². The van der Waals surface area contributed by atoms with Gasteiger partial charge in [0.25, 0.3) is 0 Å². The van der Waals surface area contributed by atoms with Gasteiger partial charge < -0.3 is 4.74 Å². The van der Waals surface area contributed by atoms with Gasteiger partial charge in [0, 0.05) is 13.1 Å². The summed E-state index contributed by atoms with van der Waals surface area (Å²) in [6.45, 7) is 1.17. The first-order valence-corrected chi connectivity index (χ1v) is 9.71. The van der Waals surface area contributed by atoms with Crippen LogP contribution in [0, 0.1) is 0 Å². The molecule has 0 spiro atoms. The third-order valence-corrected chi connectivity index (χ3v) is 7.50. The van der Waals surface area contributed by atoms with Gasteiger partial charge in [-0.3, -0.25) is 4.79 Å². The molecular weight excluding hydrogens is 314 g/mol. The van der Waals surface area contributed by atoms with Gasteiger partial charge >= 0.3 is 5.97 Å². The summed E-state index contributed by atoms with van der Waals surface area (Å²) in [5, 5.41) is 0. The Hall–Kier alpha value is -1.40. The fraction of sp³-hybridized carbons (Fsp3) is 0.588. The van der Waals surface area contributed by atoms with Crippen molar-refractivity contribution in [3.63, 3.8) is 0 Å². The molecule has 1 aliphatic heterocycles. The Morgan fingerprint density at radius 3 is 2.26 bits per heavy atom. The lowest BCUT2D eigenvalue weighted by Crippen LogP contribution is -2.58. The number of carbonyl (C=O) groups is 1. The SMILES string of the molecule is O=C(OCc1ccccc1)C1(S(=O)(=O)N2CCC2)CCCCC1. The maximum atomic E-state index is 13.0. The lowest BCUT2D eigenvalue weighted by Gasteiger charge is -2.41. The summed E-state index contributed by atoms with van der Waals surface area (Å²) in [5.41, 5.74) is 0.869. The zero-order valence-corrected chi connectivity index (χ0v) is 14.1. The molecule has 1 heterocycles. The van der Waals surface area contributed by atoms with Crippen LogP contribution in [0.2, 0.25) is 0 Å². The Balaban J connectivity index is 1.79. The number of ether oxygens (including phenoxy) is 1. The number of hydrogen-bond donors (Lipinski definition) is 0. The van der Waals surface area contributed by atoms with Crippen LogP contribution >= 0.6 is 0 Å². The van der Waals surface area contributed by atoms with E-state index in [0.717, 1.165) is 31.2 Å². The Kier molecular flexibility index (Phi) is 4.73. The predicted molar refractivity (Wildman–Crippen MR) is 87.2 cm³/mol. The van der Waals surface area contributed by atoms with E-state index in [1.807, 2.05) is 30.3 Å². The topological polar surface area (TPSA) is 63.7 Å². The minimum absolute atomic E-state index is 0.122. The molecule has 1 saturated heterocycles. The van der Waals surface area contributed by atoms with Gasteiger partial charge in [0.1, 0.15) is 6.61 Å². The maximum Gasteiger partial charge on any atom is 0.329 e. The van der Waals surface area contributed by atoms with E-state index in [9.17, 15) is 13.2 Å². The monoisotopic (exact) mass is 337 g/mol. The normalized spacial score (nSPS) is 21.4. The minimum atomic E-state index is -3.63. The molecule has 1 aliphatic carbocycles. The average molecular weight is 337 g/mol. The van der Waals surface area contributed by atoms with E-state index < -0.39 is 20.7 Å². The molecule has 0 bridgehead atoms. The molecule has 0 radical (unpaired) electrons. The molecular formula is C17H23NO4S. The number of hydrogen-bond acceptors (Lipinski definition) is 4. The molecule has 1 aromatic carbocycles. The van der Waals surface area contributed by atoms with Crippen molar-refractivity contribution in [1.29, 1.82) is 0 Å². The van der Waals surface area contributed by atoms with Crippen molar-refractivity contribution in [3.05, 3.63) is 35.9 Å². The van der Waals surface area contributed by atoms with Crippen molar-refractivity contribution in [3.8, 4) is 0 Å². The van der Waals surface area contributed by atoms with Crippen molar-refractivity contribution in [2.45, 2.75) is 49.9 Å². The number of nitrogens with zero attached hydrogens (tertiary/aromatic N) is 1. The fourth-order valence-corrected chi connectivity index (χ4v) is 5.63. The first kappa shape index (κ1) is 16.5. The molecule has 0 N–H and O–H groups in total. The molecule has 0 aromatic heterocycles. The second-order valence-electron chi connectivity index (χ2n) is 6.37. The van der Waals surface area contributed by atoms with Crippen molar-refractivity contribution < 1.29 is 17.9 Å². The van der Waals surface area contributed by atoms with Crippen LogP contribution in [-0.4, -0.2) is 36.5 Å². The van der Waals surface area contributed by atoms with Crippen LogP contribution in [0.25, 0.3) is 0 Å². The summed E-state index contributed by atoms with van der Waals surface area (Å²) < 4.78 is 31.4. The van der Waals surface area contributed by atoms with Crippen molar-refractivity contribution in [2.75, 3.05) is 13.1 Å². The van der Waals surface area contributed by atoms with E-state index in [1.54, 1.807) is 0 Å². The molecule has 0 amide bonds. The van der Waals surface area contributed by atoms with Gasteiger partial charge in [-0.25, -0.2) is 12.7 Å². The minimum Gasteiger partial charge on any atom is -0.460 e. The number of carbonyl (C=O) groups excluding carboxylic acids is 1. The Labute approximate surface area is 137 Å². The molecule has 2 aliphatic rings. The first-order valence-electron chi connectivity index (χ1n) is 8.27. The summed E-state index contributed by atoms with van der Waals surface area (Å²) in [6.07, 6.45) is 4.11. The largest absolute Gasteiger partial charge is 0.460 e. The quantitative estimate of drug-likeness (QED) is 0.774. The third kappa shape index (κ3) is 3.02. The van der Waals surface area contributed by atoms with Gasteiger partial charge in [-0.2, -0.15) is 0 Å². The predicted octanol–water partition coefficient (Wildman–Crippen LogP) is 2.47. The fourth-order valence-electron chi connectivity index (χ4n) is 3.32. The van der Waals surface area contributed by atoms with E-state index in [1.165, 1.54) is 4.31 Å². The summed E-state index contributed by atoms with van der Waals surface area (Å²) in [6, 6.07) is 9.37. The molecule has 2 fully saturated rings. The lowest BCUT2D eigenvalue weighted by molar-refractivity contribution is -0.149. The van der Waals surface area contributed by atoms with Crippen LogP contribution in [0.4, 0.5) is 0 Å². The highest BCUT2D eigenvalue weighted by Gasteiger charge is 2.55. The molecule has 3 rings (SSSR count). The first-order chi connectivity index (χ1) is 11.1. The van der Waals surface area contributed by atoms with Crippen molar-refractivity contribution in [2.24, 2.45) is 0 Å². The molecule has 0 atom stereocenters. The van der Waals surface area contributed by atoms with Gasteiger partial charge in [-0.15, -0.1) is 0 Å². The molecule has 126 valence electrons. The number of benzene rings is 1. The number of esters is 1. The van der Waals surface area contributed by atoms with E-state index in [-0.39, 0.29) is 6.61 Å². The number of rotatable bonds is 5. The Bertz CT molecular complexity index is 646. The van der Waals surface area contributed by atoms with Gasteiger partial charge in [0.2, 0.25) is 10.0 Å². The van der Waals surface area contributed by atoms with Crippen LogP contribution in [0.5, 0.6) is 0 Å². The second-order valence-corrected chi connectivity index (χ2v) is 8.62. The highest BCUT2D eigenvalue weighted by atomic mass is 32.2. The van der Waals surface area contributed by atoms with Gasteiger partial charge in [-0.1, -0.05) is 49.6 Å². The highest BCUT2D eigenvalue weighted by molar-refractivity contribution is 7.91. The molecule has 1 aromatic rings. The van der Waals surface area contributed by atoms with Crippen LogP contribution in [0.3, 0.4) is 0 Å². The van der Waals surface area contributed by atoms with E-state index in [2.05, 4.69) is 0 Å². The molecule has 5 nitrogen and oxygen atoms in total. The van der Waals surface area contributed by atoms with Gasteiger partial charge in [0.15, 0.2) is 4.75 Å². The lowest BCUT2D eigenvalue weighted by atomic mass is 9.88. The zero-order valence-electron chi connectivity index (χ0n) is 13.2. The van der Waals surface area contributed by atoms with E-state index in [4.69, 9.17) is 4.74 Å². The van der Waals surface area contributed by atoms with E-state index in [0.29, 0.717) is 25.9 Å². The smallest absolute Gasteiger partial charge is 0.329 e. The van der Waals surface area contributed by atoms with Crippen molar-refractivity contribution >= 4 is 16.0 Å². The molecule has 23 heavy (non-hydrogen) atoms. The van der Waals surface area contributed by atoms with Crippen LogP contribution in [-0.2, 0) is 26.2 Å². The van der Waals surface area contributed by atoms with Gasteiger partial charge in [-0.05, 0) is 24.8 Å². The zero-order chi connectivity index (χ0) is 16.3. The van der Waals surface area contributed by atoms with Crippen LogP contribution in [0.15, 0.2) is 30.3 Å². The van der Waals surface area contributed by atoms with Crippen LogP contribution in [0.1, 0.15) is 44.1 Å². The third-order valence-electron chi connectivity index (χ3n) is 4.89. The Morgan fingerprint density at radius 1 is 1.04 bits per heavy atom. The van der Waals surface area contributed by atoms with Crippen molar-refractivity contribution in [1.82, 2.24) is 4.31 Å². The summed E-state index contributed by atoms with van der Waals surface area (Å²) in [7, 11) is -3.63. The molecule has 1 saturated carbocycles. The average Bonchev–Trinajstić information content (AvgIpc) is 2.52. The standard InChI is InChI=1S/C17H23NO4S/c19-16(22-14-15-8-3-1-4-9-15)17(10-5-2-6-11-17)23(20,21)18-12-7-13-18/h1,3-4,8-9H,2,5-7,10-14H2. The Morgan fingerprint density at radius 2 is 1.70 bits per heavy atom. The molecule has 0 unspecified atom stereocenters. The summed E-state index contributed by atoms with van der Waals surface area (Å²) in [5.74, 6) is -0.576. The highest BCUT2D eigenvalue weighted by Crippen LogP contribution is 2.39.